The first-order valence-corrected chi connectivity index (χ1v) is 10.3. The largest absolute Gasteiger partial charge is 0.457 e. The van der Waals surface area contributed by atoms with Crippen LogP contribution >= 0.6 is 47.0 Å². The molecule has 0 fully saturated rings. The molecule has 3 aromatic rings. The Hall–Kier alpha value is -2.52. The van der Waals surface area contributed by atoms with Crippen molar-refractivity contribution in [1.29, 1.82) is 0 Å². The standard InChI is InChI=1S/C21H12Cl3F3N2O2S/c22-11-4-7-16(14(10-11)21(25,26)27)28-20(32)29-18(30)9-6-12-5-8-17(31-12)13-2-1-3-15(23)19(13)24/h1-10H,(H2,28,29,30,32)/b9-6+. The molecular weight excluding hydrogens is 508 g/mol. The van der Waals surface area contributed by atoms with Gasteiger partial charge in [-0.05, 0) is 60.8 Å². The van der Waals surface area contributed by atoms with Gasteiger partial charge in [-0.2, -0.15) is 13.2 Å². The number of amides is 1. The summed E-state index contributed by atoms with van der Waals surface area (Å²) in [7, 11) is 0. The third-order valence-corrected chi connectivity index (χ3v) is 5.27. The Morgan fingerprint density at radius 1 is 1.06 bits per heavy atom. The fourth-order valence-corrected chi connectivity index (χ4v) is 3.38. The summed E-state index contributed by atoms with van der Waals surface area (Å²) in [5.74, 6) is 0.100. The molecule has 0 saturated carbocycles. The normalized spacial score (nSPS) is 11.6. The molecule has 32 heavy (non-hydrogen) atoms. The number of halogens is 6. The van der Waals surface area contributed by atoms with E-state index in [1.807, 2.05) is 0 Å². The minimum Gasteiger partial charge on any atom is -0.457 e. The molecule has 0 atom stereocenters. The van der Waals surface area contributed by atoms with Gasteiger partial charge >= 0.3 is 6.18 Å². The summed E-state index contributed by atoms with van der Waals surface area (Å²) < 4.78 is 45.1. The quantitative estimate of drug-likeness (QED) is 0.278. The summed E-state index contributed by atoms with van der Waals surface area (Å²) in [5, 5.41) is 4.90. The van der Waals surface area contributed by atoms with Crippen LogP contribution in [0.2, 0.25) is 15.1 Å². The third-order valence-electron chi connectivity index (χ3n) is 4.01. The molecule has 0 aliphatic heterocycles. The fraction of sp³-hybridized carbons (Fsp3) is 0.0476. The number of alkyl halides is 3. The summed E-state index contributed by atoms with van der Waals surface area (Å²) in [6.07, 6.45) is -2.18. The van der Waals surface area contributed by atoms with Crippen molar-refractivity contribution in [1.82, 2.24) is 5.32 Å². The number of carbonyl (C=O) groups excluding carboxylic acids is 1. The van der Waals surface area contributed by atoms with E-state index in [9.17, 15) is 18.0 Å². The number of nitrogens with one attached hydrogen (secondary N) is 2. The van der Waals surface area contributed by atoms with Gasteiger partial charge in [0.25, 0.3) is 0 Å². The molecule has 0 aliphatic rings. The second-order valence-electron chi connectivity index (χ2n) is 6.27. The van der Waals surface area contributed by atoms with E-state index in [1.165, 1.54) is 12.1 Å². The Bertz CT molecular complexity index is 1210. The van der Waals surface area contributed by atoms with Crippen molar-refractivity contribution in [3.8, 4) is 11.3 Å². The van der Waals surface area contributed by atoms with E-state index in [4.69, 9.17) is 51.4 Å². The van der Waals surface area contributed by atoms with Gasteiger partial charge in [0.2, 0.25) is 5.91 Å². The first-order chi connectivity index (χ1) is 15.0. The number of rotatable bonds is 4. The highest BCUT2D eigenvalue weighted by Crippen LogP contribution is 2.36. The lowest BCUT2D eigenvalue weighted by atomic mass is 10.1. The number of anilines is 1. The van der Waals surface area contributed by atoms with Gasteiger partial charge in [0.1, 0.15) is 11.5 Å². The highest BCUT2D eigenvalue weighted by molar-refractivity contribution is 7.80. The minimum atomic E-state index is -4.66. The van der Waals surface area contributed by atoms with E-state index < -0.39 is 17.6 Å². The second kappa shape index (κ2) is 9.95. The molecule has 4 nitrogen and oxygen atoms in total. The molecule has 0 unspecified atom stereocenters. The Morgan fingerprint density at radius 3 is 2.53 bits per heavy atom. The molecule has 1 amide bonds. The molecule has 2 aromatic carbocycles. The van der Waals surface area contributed by atoms with Gasteiger partial charge in [-0.15, -0.1) is 0 Å². The summed E-state index contributed by atoms with van der Waals surface area (Å²) in [4.78, 5) is 12.1. The maximum atomic E-state index is 13.2. The van der Waals surface area contributed by atoms with Crippen LogP contribution in [0.3, 0.4) is 0 Å². The van der Waals surface area contributed by atoms with E-state index in [-0.39, 0.29) is 15.8 Å². The zero-order valence-electron chi connectivity index (χ0n) is 15.8. The van der Waals surface area contributed by atoms with Crippen LogP contribution in [-0.4, -0.2) is 11.0 Å². The van der Waals surface area contributed by atoms with E-state index in [0.717, 1.165) is 18.2 Å². The summed E-state index contributed by atoms with van der Waals surface area (Å²) in [6.45, 7) is 0. The van der Waals surface area contributed by atoms with Crippen LogP contribution in [0.25, 0.3) is 17.4 Å². The highest BCUT2D eigenvalue weighted by atomic mass is 35.5. The lowest BCUT2D eigenvalue weighted by molar-refractivity contribution is -0.136. The number of furan rings is 1. The van der Waals surface area contributed by atoms with Crippen molar-refractivity contribution in [3.63, 3.8) is 0 Å². The molecule has 11 heteroatoms. The van der Waals surface area contributed by atoms with Crippen LogP contribution in [0.5, 0.6) is 0 Å². The van der Waals surface area contributed by atoms with Crippen molar-refractivity contribution >= 4 is 69.8 Å². The smallest absolute Gasteiger partial charge is 0.418 e. The van der Waals surface area contributed by atoms with Gasteiger partial charge in [-0.3, -0.25) is 10.1 Å². The summed E-state index contributed by atoms with van der Waals surface area (Å²) >= 11 is 22.7. The van der Waals surface area contributed by atoms with E-state index >= 15 is 0 Å². The zero-order valence-corrected chi connectivity index (χ0v) is 18.9. The summed E-state index contributed by atoms with van der Waals surface area (Å²) in [6, 6.07) is 11.5. The van der Waals surface area contributed by atoms with Gasteiger partial charge < -0.3 is 9.73 Å². The maximum Gasteiger partial charge on any atom is 0.418 e. The lowest BCUT2D eigenvalue weighted by Gasteiger charge is -2.15. The molecule has 0 radical (unpaired) electrons. The van der Waals surface area contributed by atoms with E-state index in [2.05, 4.69) is 10.6 Å². The van der Waals surface area contributed by atoms with Crippen LogP contribution in [0.4, 0.5) is 18.9 Å². The Labute approximate surface area is 201 Å². The SMILES string of the molecule is O=C(/C=C/c1ccc(-c2cccc(Cl)c2Cl)o1)NC(=S)Nc1ccc(Cl)cc1C(F)(F)F. The van der Waals surface area contributed by atoms with Gasteiger partial charge in [-0.1, -0.05) is 40.9 Å². The molecule has 166 valence electrons. The molecule has 3 rings (SSSR count). The average molecular weight is 520 g/mol. The van der Waals surface area contributed by atoms with Gasteiger partial charge in [-0.25, -0.2) is 0 Å². The van der Waals surface area contributed by atoms with Crippen molar-refractivity contribution in [3.05, 3.63) is 81.0 Å². The van der Waals surface area contributed by atoms with Crippen molar-refractivity contribution in [2.24, 2.45) is 0 Å². The van der Waals surface area contributed by atoms with Crippen LogP contribution in [-0.2, 0) is 11.0 Å². The molecule has 1 aromatic heterocycles. The molecule has 0 spiro atoms. The molecular formula is C21H12Cl3F3N2O2S. The number of hydrogen-bond acceptors (Lipinski definition) is 3. The molecule has 1 heterocycles. The highest BCUT2D eigenvalue weighted by Gasteiger charge is 2.34. The fourth-order valence-electron chi connectivity index (χ4n) is 2.61. The average Bonchev–Trinajstić information content (AvgIpc) is 3.18. The molecule has 0 saturated heterocycles. The van der Waals surface area contributed by atoms with E-state index in [1.54, 1.807) is 30.3 Å². The summed E-state index contributed by atoms with van der Waals surface area (Å²) in [5.41, 5.74) is -0.776. The third kappa shape index (κ3) is 6.04. The Kier molecular flexibility index (Phi) is 7.51. The minimum absolute atomic E-state index is 0.0855. The number of benzene rings is 2. The molecule has 2 N–H and O–H groups in total. The lowest BCUT2D eigenvalue weighted by Crippen LogP contribution is -2.33. The van der Waals surface area contributed by atoms with Crippen molar-refractivity contribution < 1.29 is 22.4 Å². The van der Waals surface area contributed by atoms with Crippen molar-refractivity contribution in [2.45, 2.75) is 6.18 Å². The first-order valence-electron chi connectivity index (χ1n) is 8.75. The first kappa shape index (κ1) is 24.1. The Balaban J connectivity index is 1.65. The van der Waals surface area contributed by atoms with Crippen LogP contribution < -0.4 is 10.6 Å². The topological polar surface area (TPSA) is 54.3 Å². The van der Waals surface area contributed by atoms with E-state index in [0.29, 0.717) is 27.1 Å². The second-order valence-corrected chi connectivity index (χ2v) is 7.90. The van der Waals surface area contributed by atoms with Gasteiger partial charge in [0, 0.05) is 16.7 Å². The van der Waals surface area contributed by atoms with Crippen LogP contribution in [0.1, 0.15) is 11.3 Å². The Morgan fingerprint density at radius 2 is 1.81 bits per heavy atom. The number of hydrogen-bond donors (Lipinski definition) is 2. The number of thiocarbonyl (C=S) groups is 1. The van der Waals surface area contributed by atoms with Gasteiger partial charge in [0.15, 0.2) is 5.11 Å². The molecule has 0 bridgehead atoms. The van der Waals surface area contributed by atoms with Crippen LogP contribution in [0, 0.1) is 0 Å². The predicted octanol–water partition coefficient (Wildman–Crippen LogP) is 7.45. The molecule has 0 aliphatic carbocycles. The van der Waals surface area contributed by atoms with Gasteiger partial charge in [0.05, 0.1) is 21.3 Å². The van der Waals surface area contributed by atoms with Crippen molar-refractivity contribution in [2.75, 3.05) is 5.32 Å². The van der Waals surface area contributed by atoms with Crippen LogP contribution in [0.15, 0.2) is 59.0 Å². The predicted molar refractivity (Wildman–Crippen MR) is 124 cm³/mol. The monoisotopic (exact) mass is 518 g/mol. The zero-order chi connectivity index (χ0) is 23.5. The number of carbonyl (C=O) groups is 1. The maximum absolute atomic E-state index is 13.2.